The Balaban J connectivity index is 2.11. The lowest BCUT2D eigenvalue weighted by Crippen LogP contribution is -2.32. The van der Waals surface area contributed by atoms with Crippen molar-refractivity contribution in [1.29, 1.82) is 0 Å². The van der Waals surface area contributed by atoms with Gasteiger partial charge in [0.2, 0.25) is 0 Å². The number of carbonyl (C=O) groups excluding carboxylic acids is 1. The van der Waals surface area contributed by atoms with Crippen LogP contribution in [0.1, 0.15) is 24.5 Å². The van der Waals surface area contributed by atoms with Gasteiger partial charge in [-0.2, -0.15) is 0 Å². The summed E-state index contributed by atoms with van der Waals surface area (Å²) in [6, 6.07) is 10.9. The number of hydrogen-bond donors (Lipinski definition) is 1. The Morgan fingerprint density at radius 1 is 1.21 bits per heavy atom. The molecule has 0 aromatic heterocycles. The van der Waals surface area contributed by atoms with Crippen molar-refractivity contribution in [1.82, 2.24) is 0 Å². The average Bonchev–Trinajstić information content (AvgIpc) is 2.56. The van der Waals surface area contributed by atoms with E-state index < -0.39 is 6.10 Å². The first kappa shape index (κ1) is 18.1. The lowest BCUT2D eigenvalue weighted by atomic mass is 10.1. The number of amides is 1. The molecule has 0 radical (unpaired) electrons. The van der Waals surface area contributed by atoms with Gasteiger partial charge in [0.1, 0.15) is 11.5 Å². The number of carbonyl (C=O) groups is 1. The first-order valence-corrected chi connectivity index (χ1v) is 8.21. The zero-order valence-corrected chi connectivity index (χ0v) is 15.1. The first-order valence-electron chi connectivity index (χ1n) is 7.83. The van der Waals surface area contributed by atoms with Gasteiger partial charge in [-0.25, -0.2) is 0 Å². The van der Waals surface area contributed by atoms with Crippen LogP contribution in [0.3, 0.4) is 0 Å². The van der Waals surface area contributed by atoms with Gasteiger partial charge in [-0.15, -0.1) is 0 Å². The van der Waals surface area contributed by atoms with E-state index in [4.69, 9.17) is 21.1 Å². The number of ether oxygens (including phenoxy) is 2. The van der Waals surface area contributed by atoms with Crippen LogP contribution in [0.2, 0.25) is 5.02 Å². The van der Waals surface area contributed by atoms with Gasteiger partial charge in [0.15, 0.2) is 6.10 Å². The highest BCUT2D eigenvalue weighted by molar-refractivity contribution is 6.32. The summed E-state index contributed by atoms with van der Waals surface area (Å²) in [5.41, 5.74) is 2.77. The van der Waals surface area contributed by atoms with Crippen molar-refractivity contribution in [2.75, 3.05) is 12.4 Å². The number of halogens is 1. The summed E-state index contributed by atoms with van der Waals surface area (Å²) in [5.74, 6) is 1.08. The maximum Gasteiger partial charge on any atom is 0.265 e. The molecular formula is C19H22ClNO3. The lowest BCUT2D eigenvalue weighted by molar-refractivity contribution is -0.122. The molecule has 1 unspecified atom stereocenters. The number of aryl methyl sites for hydroxylation is 1. The summed E-state index contributed by atoms with van der Waals surface area (Å²) < 4.78 is 11.0. The summed E-state index contributed by atoms with van der Waals surface area (Å²) in [6.45, 7) is 5.91. The first-order chi connectivity index (χ1) is 11.5. The number of nitrogens with one attached hydrogen (secondary N) is 1. The highest BCUT2D eigenvalue weighted by Gasteiger charge is 2.20. The third kappa shape index (κ3) is 4.20. The van der Waals surface area contributed by atoms with Crippen molar-refractivity contribution in [3.05, 3.63) is 52.5 Å². The molecule has 0 aliphatic carbocycles. The Morgan fingerprint density at radius 2 is 1.96 bits per heavy atom. The van der Waals surface area contributed by atoms with E-state index in [2.05, 4.69) is 5.32 Å². The molecule has 1 atom stereocenters. The van der Waals surface area contributed by atoms with E-state index in [0.29, 0.717) is 22.9 Å². The molecule has 0 aliphatic heterocycles. The zero-order chi connectivity index (χ0) is 17.7. The highest BCUT2D eigenvalue weighted by atomic mass is 35.5. The van der Waals surface area contributed by atoms with Crippen molar-refractivity contribution in [2.24, 2.45) is 0 Å². The molecule has 5 heteroatoms. The normalized spacial score (nSPS) is 11.7. The topological polar surface area (TPSA) is 47.6 Å². The quantitative estimate of drug-likeness (QED) is 0.819. The van der Waals surface area contributed by atoms with E-state index in [-0.39, 0.29) is 5.91 Å². The van der Waals surface area contributed by atoms with Crippen molar-refractivity contribution in [3.8, 4) is 11.5 Å². The molecule has 2 aromatic carbocycles. The van der Waals surface area contributed by atoms with Crippen molar-refractivity contribution in [3.63, 3.8) is 0 Å². The third-order valence-electron chi connectivity index (χ3n) is 3.91. The maximum atomic E-state index is 12.5. The molecule has 0 saturated carbocycles. The highest BCUT2D eigenvalue weighted by Crippen LogP contribution is 2.28. The second-order valence-corrected chi connectivity index (χ2v) is 5.96. The number of anilines is 1. The fourth-order valence-electron chi connectivity index (χ4n) is 2.29. The molecular weight excluding hydrogens is 326 g/mol. The fourth-order valence-corrected chi connectivity index (χ4v) is 2.55. The summed E-state index contributed by atoms with van der Waals surface area (Å²) in [7, 11) is 1.55. The molecule has 0 saturated heterocycles. The van der Waals surface area contributed by atoms with Crippen LogP contribution in [0.4, 0.5) is 5.69 Å². The largest absolute Gasteiger partial charge is 0.495 e. The summed E-state index contributed by atoms with van der Waals surface area (Å²) >= 11 is 6.09. The Bertz CT molecular complexity index is 731. The van der Waals surface area contributed by atoms with Gasteiger partial charge < -0.3 is 14.8 Å². The summed E-state index contributed by atoms with van der Waals surface area (Å²) in [4.78, 5) is 12.5. The lowest BCUT2D eigenvalue weighted by Gasteiger charge is -2.19. The minimum atomic E-state index is -0.577. The van der Waals surface area contributed by atoms with Crippen molar-refractivity contribution < 1.29 is 14.3 Å². The van der Waals surface area contributed by atoms with E-state index in [1.54, 1.807) is 25.3 Å². The molecule has 0 aliphatic rings. The Labute approximate surface area is 147 Å². The summed E-state index contributed by atoms with van der Waals surface area (Å²) in [5, 5.41) is 3.28. The molecule has 0 bridgehead atoms. The second kappa shape index (κ2) is 8.06. The minimum Gasteiger partial charge on any atom is -0.495 e. The maximum absolute atomic E-state index is 12.5. The zero-order valence-electron chi connectivity index (χ0n) is 14.4. The van der Waals surface area contributed by atoms with Crippen LogP contribution >= 0.6 is 11.6 Å². The van der Waals surface area contributed by atoms with Crippen LogP contribution in [0, 0.1) is 13.8 Å². The van der Waals surface area contributed by atoms with Crippen molar-refractivity contribution in [2.45, 2.75) is 33.3 Å². The van der Waals surface area contributed by atoms with Crippen molar-refractivity contribution >= 4 is 23.2 Å². The predicted octanol–water partition coefficient (Wildman–Crippen LogP) is 4.76. The molecule has 2 rings (SSSR count). The standard InChI is InChI=1S/C19H22ClNO3/c1-5-16(24-17-8-6-7-12(2)13(17)3)19(22)21-14-9-10-18(23-4)15(20)11-14/h6-11,16H,5H2,1-4H3,(H,21,22). The predicted molar refractivity (Wildman–Crippen MR) is 97.3 cm³/mol. The van der Waals surface area contributed by atoms with Crippen LogP contribution < -0.4 is 14.8 Å². The molecule has 0 fully saturated rings. The van der Waals surface area contributed by atoms with Gasteiger partial charge in [0.25, 0.3) is 5.91 Å². The van der Waals surface area contributed by atoms with Crippen LogP contribution in [-0.2, 0) is 4.79 Å². The van der Waals surface area contributed by atoms with Gasteiger partial charge in [-0.1, -0.05) is 30.7 Å². The average molecular weight is 348 g/mol. The number of rotatable bonds is 6. The molecule has 2 aromatic rings. The van der Waals surface area contributed by atoms with Gasteiger partial charge >= 0.3 is 0 Å². The minimum absolute atomic E-state index is 0.209. The molecule has 24 heavy (non-hydrogen) atoms. The van der Waals surface area contributed by atoms with Gasteiger partial charge in [-0.3, -0.25) is 4.79 Å². The SMILES string of the molecule is CCC(Oc1cccc(C)c1C)C(=O)Nc1ccc(OC)c(Cl)c1. The molecule has 4 nitrogen and oxygen atoms in total. The Hall–Kier alpha value is -2.20. The summed E-state index contributed by atoms with van der Waals surface area (Å²) in [6.07, 6.45) is -0.0188. The number of benzene rings is 2. The van der Waals surface area contributed by atoms with Gasteiger partial charge in [0.05, 0.1) is 12.1 Å². The molecule has 128 valence electrons. The molecule has 0 spiro atoms. The third-order valence-corrected chi connectivity index (χ3v) is 4.20. The second-order valence-electron chi connectivity index (χ2n) is 5.55. The molecule has 1 amide bonds. The molecule has 1 N–H and O–H groups in total. The van der Waals surface area contributed by atoms with Gasteiger partial charge in [-0.05, 0) is 55.7 Å². The van der Waals surface area contributed by atoms with E-state index >= 15 is 0 Å². The van der Waals surface area contributed by atoms with Crippen LogP contribution in [0.5, 0.6) is 11.5 Å². The van der Waals surface area contributed by atoms with E-state index in [1.165, 1.54) is 0 Å². The smallest absolute Gasteiger partial charge is 0.265 e. The molecule has 0 heterocycles. The van der Waals surface area contributed by atoms with E-state index in [9.17, 15) is 4.79 Å². The Morgan fingerprint density at radius 3 is 2.58 bits per heavy atom. The fraction of sp³-hybridized carbons (Fsp3) is 0.316. The monoisotopic (exact) mass is 347 g/mol. The van der Waals surface area contributed by atoms with Crippen LogP contribution in [-0.4, -0.2) is 19.1 Å². The van der Waals surface area contributed by atoms with Crippen LogP contribution in [0.25, 0.3) is 0 Å². The van der Waals surface area contributed by atoms with Gasteiger partial charge in [0, 0.05) is 5.69 Å². The number of methoxy groups -OCH3 is 1. The Kier molecular flexibility index (Phi) is 6.10. The van der Waals surface area contributed by atoms with Crippen LogP contribution in [0.15, 0.2) is 36.4 Å². The van der Waals surface area contributed by atoms with E-state index in [0.717, 1.165) is 16.9 Å². The number of hydrogen-bond acceptors (Lipinski definition) is 3. The van der Waals surface area contributed by atoms with E-state index in [1.807, 2.05) is 39.0 Å².